The molecule has 0 aliphatic carbocycles. The van der Waals surface area contributed by atoms with E-state index in [1.54, 1.807) is 30.3 Å². The summed E-state index contributed by atoms with van der Waals surface area (Å²) in [6.07, 6.45) is 0.0648. The highest BCUT2D eigenvalue weighted by atomic mass is 35.5. The highest BCUT2D eigenvalue weighted by molar-refractivity contribution is 6.31. The standard InChI is InChI=1S/C39H40ClN5O6/c40-32-13-10-27(22-26(32)23-41-24-35(47)30-11-14-34(46)38-31(30)12-15-36(48)44-38)42-37(49)18-21-45-19-16-28(17-20-45)51-39(50)43-33-9-5-4-8-29(33)25-6-2-1-3-7-25/h1-15,22,28,35,41,46-47H,16-21,23-24H2,(H,42,49)(H,43,50)(H,44,48). The van der Waals surface area contributed by atoms with Gasteiger partial charge in [-0.2, -0.15) is 0 Å². The van der Waals surface area contributed by atoms with Crippen LogP contribution < -0.4 is 21.5 Å². The lowest BCUT2D eigenvalue weighted by Crippen LogP contribution is -2.39. The number of fused-ring (bicyclic) bond motifs is 1. The molecule has 12 heteroatoms. The molecule has 5 aromatic rings. The summed E-state index contributed by atoms with van der Waals surface area (Å²) in [5, 5.41) is 31.1. The Labute approximate surface area is 300 Å². The number of carbonyl (C=O) groups is 2. The summed E-state index contributed by atoms with van der Waals surface area (Å²) in [5.41, 5.74) is 4.46. The van der Waals surface area contributed by atoms with E-state index in [-0.39, 0.29) is 35.4 Å². The first-order valence-electron chi connectivity index (χ1n) is 16.9. The van der Waals surface area contributed by atoms with Gasteiger partial charge in [0.25, 0.3) is 0 Å². The van der Waals surface area contributed by atoms with Crippen LogP contribution in [0.2, 0.25) is 5.02 Å². The van der Waals surface area contributed by atoms with E-state index >= 15 is 0 Å². The number of phenols is 1. The van der Waals surface area contributed by atoms with Crippen molar-refractivity contribution in [3.63, 3.8) is 0 Å². The molecule has 6 N–H and O–H groups in total. The topological polar surface area (TPSA) is 156 Å². The minimum absolute atomic E-state index is 0.0739. The van der Waals surface area contributed by atoms with E-state index in [1.165, 1.54) is 12.1 Å². The second-order valence-corrected chi connectivity index (χ2v) is 12.9. The van der Waals surface area contributed by atoms with Crippen LogP contribution in [-0.4, -0.2) is 64.4 Å². The largest absolute Gasteiger partial charge is 0.506 e. The molecule has 0 radical (unpaired) electrons. The van der Waals surface area contributed by atoms with E-state index in [9.17, 15) is 24.6 Å². The van der Waals surface area contributed by atoms with E-state index in [2.05, 4.69) is 25.8 Å². The number of phenolic OH excluding ortho intramolecular Hbond substituents is 1. The molecular formula is C39H40ClN5O6. The summed E-state index contributed by atoms with van der Waals surface area (Å²) in [5.74, 6) is -0.200. The Morgan fingerprint density at radius 3 is 2.51 bits per heavy atom. The number of aromatic amines is 1. The number of carbonyl (C=O) groups excluding carboxylic acids is 2. The summed E-state index contributed by atoms with van der Waals surface area (Å²) in [4.78, 5) is 42.1. The quantitative estimate of drug-likeness (QED) is 0.0867. The zero-order chi connectivity index (χ0) is 35.7. The number of hydrogen-bond acceptors (Lipinski definition) is 8. The summed E-state index contributed by atoms with van der Waals surface area (Å²) < 4.78 is 5.74. The molecule has 1 atom stereocenters. The molecular weight excluding hydrogens is 670 g/mol. The summed E-state index contributed by atoms with van der Waals surface area (Å²) >= 11 is 6.44. The molecule has 2 heterocycles. The number of amides is 2. The smallest absolute Gasteiger partial charge is 0.411 e. The fraction of sp³-hybridized carbons (Fsp3) is 0.256. The van der Waals surface area contributed by atoms with Crippen molar-refractivity contribution in [2.24, 2.45) is 0 Å². The van der Waals surface area contributed by atoms with Crippen LogP contribution >= 0.6 is 11.6 Å². The maximum atomic E-state index is 12.8. The molecule has 264 valence electrons. The highest BCUT2D eigenvalue weighted by Gasteiger charge is 2.23. The summed E-state index contributed by atoms with van der Waals surface area (Å²) in [6.45, 7) is 2.52. The number of aromatic hydroxyl groups is 1. The number of aliphatic hydroxyl groups excluding tert-OH is 1. The van der Waals surface area contributed by atoms with Gasteiger partial charge < -0.3 is 35.5 Å². The van der Waals surface area contributed by atoms with Gasteiger partial charge in [-0.15, -0.1) is 0 Å². The van der Waals surface area contributed by atoms with Crippen LogP contribution in [0.1, 0.15) is 36.5 Å². The van der Waals surface area contributed by atoms with Crippen molar-refractivity contribution in [3.05, 3.63) is 124 Å². The first kappa shape index (κ1) is 35.6. The lowest BCUT2D eigenvalue weighted by atomic mass is 10.0. The van der Waals surface area contributed by atoms with E-state index in [0.717, 1.165) is 16.7 Å². The number of aliphatic hydroxyl groups is 1. The lowest BCUT2D eigenvalue weighted by molar-refractivity contribution is -0.116. The van der Waals surface area contributed by atoms with Crippen molar-refractivity contribution >= 4 is 45.9 Å². The van der Waals surface area contributed by atoms with Gasteiger partial charge in [-0.3, -0.25) is 14.9 Å². The Morgan fingerprint density at radius 1 is 0.941 bits per heavy atom. The number of piperidine rings is 1. The second kappa shape index (κ2) is 16.7. The fourth-order valence-corrected chi connectivity index (χ4v) is 6.46. The number of nitrogens with one attached hydrogen (secondary N) is 4. The van der Waals surface area contributed by atoms with E-state index in [4.69, 9.17) is 16.3 Å². The molecule has 1 aromatic heterocycles. The number of pyridine rings is 1. The van der Waals surface area contributed by atoms with Gasteiger partial charge in [0.1, 0.15) is 11.9 Å². The van der Waals surface area contributed by atoms with Crippen molar-refractivity contribution in [1.29, 1.82) is 0 Å². The van der Waals surface area contributed by atoms with Gasteiger partial charge in [0.15, 0.2) is 0 Å². The van der Waals surface area contributed by atoms with Gasteiger partial charge in [-0.25, -0.2) is 4.79 Å². The first-order valence-corrected chi connectivity index (χ1v) is 17.3. The number of nitrogens with zero attached hydrogens (tertiary/aromatic N) is 1. The van der Waals surface area contributed by atoms with Gasteiger partial charge in [0.2, 0.25) is 11.5 Å². The van der Waals surface area contributed by atoms with Crippen LogP contribution in [0.4, 0.5) is 16.2 Å². The van der Waals surface area contributed by atoms with Crippen LogP contribution in [0.5, 0.6) is 5.75 Å². The predicted octanol–water partition coefficient (Wildman–Crippen LogP) is 6.42. The third kappa shape index (κ3) is 9.33. The van der Waals surface area contributed by atoms with Crippen molar-refractivity contribution in [2.75, 3.05) is 36.8 Å². The third-order valence-corrected chi connectivity index (χ3v) is 9.33. The minimum Gasteiger partial charge on any atom is -0.506 e. The fourth-order valence-electron chi connectivity index (χ4n) is 6.28. The Morgan fingerprint density at radius 2 is 1.71 bits per heavy atom. The highest BCUT2D eigenvalue weighted by Crippen LogP contribution is 2.30. The number of hydrogen-bond donors (Lipinski definition) is 6. The Kier molecular flexibility index (Phi) is 11.6. The molecule has 0 bridgehead atoms. The van der Waals surface area contributed by atoms with Crippen molar-refractivity contribution < 1.29 is 24.5 Å². The lowest BCUT2D eigenvalue weighted by Gasteiger charge is -2.31. The molecule has 0 saturated carbocycles. The normalized spacial score (nSPS) is 14.2. The van der Waals surface area contributed by atoms with Crippen LogP contribution in [0.3, 0.4) is 0 Å². The molecule has 4 aromatic carbocycles. The number of halogens is 1. The van der Waals surface area contributed by atoms with E-state index in [0.29, 0.717) is 72.8 Å². The van der Waals surface area contributed by atoms with Crippen LogP contribution in [-0.2, 0) is 16.1 Å². The molecule has 1 unspecified atom stereocenters. The van der Waals surface area contributed by atoms with Crippen molar-refractivity contribution in [2.45, 2.75) is 38.0 Å². The first-order chi connectivity index (χ1) is 24.7. The van der Waals surface area contributed by atoms with E-state index in [1.807, 2.05) is 54.6 Å². The third-order valence-electron chi connectivity index (χ3n) is 8.96. The van der Waals surface area contributed by atoms with Crippen molar-refractivity contribution in [3.8, 4) is 16.9 Å². The molecule has 1 saturated heterocycles. The average molecular weight is 710 g/mol. The maximum Gasteiger partial charge on any atom is 0.411 e. The number of aromatic nitrogens is 1. The molecule has 0 spiro atoms. The number of likely N-dealkylation sites (tertiary alicyclic amines) is 1. The van der Waals surface area contributed by atoms with Gasteiger partial charge in [-0.05, 0) is 65.9 Å². The minimum atomic E-state index is -0.920. The van der Waals surface area contributed by atoms with Crippen LogP contribution in [0, 0.1) is 0 Å². The predicted molar refractivity (Wildman–Crippen MR) is 199 cm³/mol. The van der Waals surface area contributed by atoms with E-state index < -0.39 is 12.2 Å². The second-order valence-electron chi connectivity index (χ2n) is 12.5. The van der Waals surface area contributed by atoms with Crippen LogP contribution in [0.25, 0.3) is 22.0 Å². The average Bonchev–Trinajstić information content (AvgIpc) is 3.13. The molecule has 1 aliphatic rings. The molecule has 6 rings (SSSR count). The van der Waals surface area contributed by atoms with Gasteiger partial charge in [0, 0.05) is 66.9 Å². The number of anilines is 2. The number of benzene rings is 4. The SMILES string of the molecule is O=C(CCN1CCC(OC(=O)Nc2ccccc2-c2ccccc2)CC1)Nc1ccc(Cl)c(CNCC(O)c2ccc(O)c3[nH]c(=O)ccc23)c1. The summed E-state index contributed by atoms with van der Waals surface area (Å²) in [7, 11) is 0. The molecule has 51 heavy (non-hydrogen) atoms. The van der Waals surface area contributed by atoms with Gasteiger partial charge >= 0.3 is 6.09 Å². The van der Waals surface area contributed by atoms with Gasteiger partial charge in [-0.1, -0.05) is 66.2 Å². The monoisotopic (exact) mass is 709 g/mol. The molecule has 11 nitrogen and oxygen atoms in total. The Balaban J connectivity index is 0.926. The van der Waals surface area contributed by atoms with Gasteiger partial charge in [0.05, 0.1) is 17.3 Å². The zero-order valence-corrected chi connectivity index (χ0v) is 28.7. The Bertz CT molecular complexity index is 2050. The maximum absolute atomic E-state index is 12.8. The molecule has 1 aliphatic heterocycles. The van der Waals surface area contributed by atoms with Crippen LogP contribution in [0.15, 0.2) is 102 Å². The molecule has 2 amide bonds. The zero-order valence-electron chi connectivity index (χ0n) is 27.9. The Hall–Kier alpha value is -5.20. The number of ether oxygens (including phenoxy) is 1. The van der Waals surface area contributed by atoms with Crippen molar-refractivity contribution in [1.82, 2.24) is 15.2 Å². The number of para-hydroxylation sites is 1. The molecule has 1 fully saturated rings. The number of H-pyrrole nitrogens is 1. The number of rotatable bonds is 12. The summed E-state index contributed by atoms with van der Waals surface area (Å²) in [6, 6.07) is 28.7.